The number of benzene rings is 1. The molecule has 0 heterocycles. The molecule has 4 N–H and O–H groups in total. The molecule has 0 amide bonds. The number of aliphatic hydroxyl groups is 1. The number of ketones is 1. The molecule has 0 aliphatic heterocycles. The van der Waals surface area contributed by atoms with Crippen LogP contribution >= 0.6 is 0 Å². The van der Waals surface area contributed by atoms with Crippen molar-refractivity contribution in [3.8, 4) is 5.75 Å². The average Bonchev–Trinajstić information content (AvgIpc) is 2.24. The van der Waals surface area contributed by atoms with E-state index in [9.17, 15) is 4.79 Å². The van der Waals surface area contributed by atoms with Gasteiger partial charge in [0.15, 0.2) is 0 Å². The van der Waals surface area contributed by atoms with E-state index in [1.54, 1.807) is 24.3 Å². The Kier molecular flexibility index (Phi) is 6.33. The first-order valence-electron chi connectivity index (χ1n) is 4.58. The van der Waals surface area contributed by atoms with E-state index in [1.165, 1.54) is 6.92 Å². The van der Waals surface area contributed by atoms with Gasteiger partial charge in [0.25, 0.3) is 0 Å². The molecule has 0 saturated carbocycles. The van der Waals surface area contributed by atoms with Crippen LogP contribution in [0.15, 0.2) is 24.3 Å². The molecule has 0 bridgehead atoms. The van der Waals surface area contributed by atoms with Crippen LogP contribution in [-0.2, 0) is 11.2 Å². The van der Waals surface area contributed by atoms with E-state index in [2.05, 4.69) is 0 Å². The van der Waals surface area contributed by atoms with Crippen molar-refractivity contribution in [1.82, 2.24) is 0 Å². The molecule has 0 aromatic heterocycles. The molecule has 0 aliphatic carbocycles. The second kappa shape index (κ2) is 6.98. The molecule has 1 atom stereocenters. The third-order valence-electron chi connectivity index (χ3n) is 1.91. The molecule has 0 saturated heterocycles. The number of carbonyl (C=O) groups excluding carboxylic acids is 1. The van der Waals surface area contributed by atoms with Crippen LogP contribution in [0.4, 0.5) is 0 Å². The summed E-state index contributed by atoms with van der Waals surface area (Å²) in [6, 6.07) is 6.25. The summed E-state index contributed by atoms with van der Waals surface area (Å²) in [5.74, 6) is 0.202. The maximum atomic E-state index is 10.8. The zero-order chi connectivity index (χ0) is 11.8. The van der Waals surface area contributed by atoms with Gasteiger partial charge < -0.3 is 15.9 Å². The van der Waals surface area contributed by atoms with Crippen molar-refractivity contribution in [3.05, 3.63) is 29.8 Å². The average molecular weight is 211 g/mol. The smallest absolute Gasteiger partial charge is 0.146 e. The number of phenols is 1. The summed E-state index contributed by atoms with van der Waals surface area (Å²) in [6.45, 7) is 1.48. The van der Waals surface area contributed by atoms with Gasteiger partial charge in [0.05, 0.1) is 6.04 Å². The van der Waals surface area contributed by atoms with E-state index in [-0.39, 0.29) is 11.5 Å². The van der Waals surface area contributed by atoms with Crippen LogP contribution in [0.1, 0.15) is 12.5 Å². The quantitative estimate of drug-likeness (QED) is 0.678. The summed E-state index contributed by atoms with van der Waals surface area (Å²) in [4.78, 5) is 10.8. The van der Waals surface area contributed by atoms with Crippen LogP contribution < -0.4 is 5.73 Å². The molecular formula is C11H17NO3. The number of hydrogen-bond donors (Lipinski definition) is 3. The topological polar surface area (TPSA) is 83.6 Å². The number of aromatic hydroxyl groups is 1. The number of rotatable bonds is 3. The maximum absolute atomic E-state index is 10.8. The van der Waals surface area contributed by atoms with Crippen molar-refractivity contribution in [2.45, 2.75) is 19.4 Å². The minimum Gasteiger partial charge on any atom is -0.508 e. The Bertz CT molecular complexity index is 295. The Balaban J connectivity index is 0.000000921. The molecule has 84 valence electrons. The Hall–Kier alpha value is -1.39. The first-order chi connectivity index (χ1) is 7.09. The molecule has 0 aliphatic rings. The molecule has 1 unspecified atom stereocenters. The zero-order valence-corrected chi connectivity index (χ0v) is 8.97. The van der Waals surface area contributed by atoms with E-state index in [4.69, 9.17) is 15.9 Å². The Morgan fingerprint density at radius 3 is 2.20 bits per heavy atom. The van der Waals surface area contributed by atoms with E-state index in [0.29, 0.717) is 6.42 Å². The Morgan fingerprint density at radius 1 is 1.33 bits per heavy atom. The van der Waals surface area contributed by atoms with Gasteiger partial charge in [0, 0.05) is 7.11 Å². The van der Waals surface area contributed by atoms with Crippen molar-refractivity contribution < 1.29 is 15.0 Å². The molecule has 1 aromatic carbocycles. The maximum Gasteiger partial charge on any atom is 0.146 e. The summed E-state index contributed by atoms with van der Waals surface area (Å²) >= 11 is 0. The summed E-state index contributed by atoms with van der Waals surface area (Å²) in [5, 5.41) is 16.0. The molecule has 4 nitrogen and oxygen atoms in total. The molecular weight excluding hydrogens is 194 g/mol. The number of Topliss-reactive ketones (excluding diaryl/α,β-unsaturated/α-hetero) is 1. The summed E-state index contributed by atoms with van der Waals surface area (Å²) < 4.78 is 0. The first-order valence-corrected chi connectivity index (χ1v) is 4.58. The van der Waals surface area contributed by atoms with Crippen LogP contribution in [0.5, 0.6) is 5.75 Å². The highest BCUT2D eigenvalue weighted by molar-refractivity contribution is 5.81. The molecule has 15 heavy (non-hydrogen) atoms. The first kappa shape index (κ1) is 13.6. The fraction of sp³-hybridized carbons (Fsp3) is 0.364. The molecule has 1 aromatic rings. The Morgan fingerprint density at radius 2 is 1.80 bits per heavy atom. The van der Waals surface area contributed by atoms with Crippen LogP contribution in [0, 0.1) is 0 Å². The van der Waals surface area contributed by atoms with Crippen LogP contribution in [0.25, 0.3) is 0 Å². The number of hydrogen-bond acceptors (Lipinski definition) is 4. The van der Waals surface area contributed by atoms with Gasteiger partial charge >= 0.3 is 0 Å². The second-order valence-corrected chi connectivity index (χ2v) is 3.09. The largest absolute Gasteiger partial charge is 0.508 e. The predicted octanol–water partition coefficient (Wildman–Crippen LogP) is 0.459. The lowest BCUT2D eigenvalue weighted by Crippen LogP contribution is -2.30. The van der Waals surface area contributed by atoms with Crippen molar-refractivity contribution in [3.63, 3.8) is 0 Å². The van der Waals surface area contributed by atoms with E-state index in [0.717, 1.165) is 12.7 Å². The summed E-state index contributed by atoms with van der Waals surface area (Å²) in [6.07, 6.45) is 0.523. The van der Waals surface area contributed by atoms with Gasteiger partial charge in [-0.1, -0.05) is 12.1 Å². The monoisotopic (exact) mass is 211 g/mol. The zero-order valence-electron chi connectivity index (χ0n) is 8.97. The minimum atomic E-state index is -0.440. The highest BCUT2D eigenvalue weighted by atomic mass is 16.3. The van der Waals surface area contributed by atoms with Crippen LogP contribution in [-0.4, -0.2) is 29.1 Å². The third-order valence-corrected chi connectivity index (χ3v) is 1.91. The highest BCUT2D eigenvalue weighted by Gasteiger charge is 2.08. The molecule has 4 heteroatoms. The Labute approximate surface area is 89.4 Å². The minimum absolute atomic E-state index is 0.0203. The van der Waals surface area contributed by atoms with Crippen LogP contribution in [0.2, 0.25) is 0 Å². The highest BCUT2D eigenvalue weighted by Crippen LogP contribution is 2.10. The lowest BCUT2D eigenvalue weighted by molar-refractivity contribution is -0.118. The fourth-order valence-corrected chi connectivity index (χ4v) is 1.03. The lowest BCUT2D eigenvalue weighted by Gasteiger charge is -2.07. The number of nitrogens with two attached hydrogens (primary N) is 1. The van der Waals surface area contributed by atoms with E-state index in [1.807, 2.05) is 0 Å². The number of aliphatic hydroxyl groups excluding tert-OH is 1. The second-order valence-electron chi connectivity index (χ2n) is 3.09. The van der Waals surface area contributed by atoms with Crippen molar-refractivity contribution >= 4 is 5.78 Å². The number of phenolic OH excluding ortho intramolecular Hbond substituents is 1. The normalized spacial score (nSPS) is 11.2. The summed E-state index contributed by atoms with van der Waals surface area (Å²) in [7, 11) is 1.00. The van der Waals surface area contributed by atoms with Gasteiger partial charge in [-0.3, -0.25) is 4.79 Å². The molecule has 0 spiro atoms. The van der Waals surface area contributed by atoms with E-state index >= 15 is 0 Å². The van der Waals surface area contributed by atoms with Crippen molar-refractivity contribution in [2.24, 2.45) is 5.73 Å². The van der Waals surface area contributed by atoms with Gasteiger partial charge in [-0.25, -0.2) is 0 Å². The third kappa shape index (κ3) is 5.15. The van der Waals surface area contributed by atoms with E-state index < -0.39 is 6.04 Å². The van der Waals surface area contributed by atoms with Crippen LogP contribution in [0.3, 0.4) is 0 Å². The number of carbonyl (C=O) groups is 1. The molecule has 0 fully saturated rings. The van der Waals surface area contributed by atoms with Gasteiger partial charge in [0.2, 0.25) is 0 Å². The van der Waals surface area contributed by atoms with Gasteiger partial charge in [-0.15, -0.1) is 0 Å². The SMILES string of the molecule is CC(=O)C(N)Cc1ccc(O)cc1.CO. The van der Waals surface area contributed by atoms with Gasteiger partial charge in [0.1, 0.15) is 11.5 Å². The molecule has 0 radical (unpaired) electrons. The predicted molar refractivity (Wildman–Crippen MR) is 58.6 cm³/mol. The summed E-state index contributed by atoms with van der Waals surface area (Å²) in [5.41, 5.74) is 6.53. The lowest BCUT2D eigenvalue weighted by atomic mass is 10.0. The van der Waals surface area contributed by atoms with Crippen molar-refractivity contribution in [2.75, 3.05) is 7.11 Å². The van der Waals surface area contributed by atoms with Gasteiger partial charge in [-0.2, -0.15) is 0 Å². The standard InChI is InChI=1S/C10H13NO2.CH4O/c1-7(12)10(11)6-8-2-4-9(13)5-3-8;1-2/h2-5,10,13H,6,11H2,1H3;2H,1H3. The van der Waals surface area contributed by atoms with Crippen molar-refractivity contribution in [1.29, 1.82) is 0 Å². The molecule has 1 rings (SSSR count). The fourth-order valence-electron chi connectivity index (χ4n) is 1.03. The van der Waals surface area contributed by atoms with Gasteiger partial charge in [-0.05, 0) is 31.0 Å².